The molecular weight excluding hydrogens is 208 g/mol. The molecule has 0 aliphatic heterocycles. The zero-order valence-corrected chi connectivity index (χ0v) is 9.80. The molecular formula is C11H18N2O3. The number of carbonyl (C=O) groups is 1. The van der Waals surface area contributed by atoms with Gasteiger partial charge in [0.1, 0.15) is 6.04 Å². The van der Waals surface area contributed by atoms with Gasteiger partial charge in [0.05, 0.1) is 13.2 Å². The van der Waals surface area contributed by atoms with Crippen LogP contribution in [0.1, 0.15) is 12.6 Å². The van der Waals surface area contributed by atoms with Crippen molar-refractivity contribution in [2.75, 3.05) is 7.11 Å². The van der Waals surface area contributed by atoms with Crippen LogP contribution in [0.5, 0.6) is 0 Å². The Morgan fingerprint density at radius 1 is 1.69 bits per heavy atom. The summed E-state index contributed by atoms with van der Waals surface area (Å²) in [6.07, 6.45) is 1.14. The Balaban J connectivity index is 2.57. The zero-order valence-electron chi connectivity index (χ0n) is 9.80. The second-order valence-corrected chi connectivity index (χ2v) is 3.73. The van der Waals surface area contributed by atoms with Crippen LogP contribution in [0.4, 0.5) is 0 Å². The van der Waals surface area contributed by atoms with Crippen LogP contribution in [0.15, 0.2) is 18.3 Å². The van der Waals surface area contributed by atoms with Crippen molar-refractivity contribution in [2.45, 2.75) is 25.6 Å². The molecule has 0 amide bonds. The van der Waals surface area contributed by atoms with Crippen molar-refractivity contribution < 1.29 is 14.6 Å². The average molecular weight is 226 g/mol. The number of aryl methyl sites for hydroxylation is 1. The SMILES string of the molecule is COC(=O)[C@@H](NCc1cccn1C)[C@@H](C)O. The van der Waals surface area contributed by atoms with Crippen LogP contribution < -0.4 is 5.32 Å². The van der Waals surface area contributed by atoms with Gasteiger partial charge in [-0.25, -0.2) is 0 Å². The third-order valence-electron chi connectivity index (χ3n) is 2.49. The molecule has 0 aliphatic rings. The molecule has 0 bridgehead atoms. The fourth-order valence-electron chi connectivity index (χ4n) is 1.47. The maximum absolute atomic E-state index is 11.3. The van der Waals surface area contributed by atoms with Crippen molar-refractivity contribution in [1.82, 2.24) is 9.88 Å². The summed E-state index contributed by atoms with van der Waals surface area (Å²) >= 11 is 0. The maximum Gasteiger partial charge on any atom is 0.325 e. The fourth-order valence-corrected chi connectivity index (χ4v) is 1.47. The summed E-state index contributed by atoms with van der Waals surface area (Å²) in [6, 6.07) is 3.18. The van der Waals surface area contributed by atoms with E-state index in [1.165, 1.54) is 7.11 Å². The molecule has 0 saturated heterocycles. The number of aromatic nitrogens is 1. The number of aliphatic hydroxyl groups excluding tert-OH is 1. The molecule has 0 radical (unpaired) electrons. The van der Waals surface area contributed by atoms with Gasteiger partial charge in [-0.2, -0.15) is 0 Å². The van der Waals surface area contributed by atoms with Crippen molar-refractivity contribution in [2.24, 2.45) is 7.05 Å². The van der Waals surface area contributed by atoms with Gasteiger partial charge in [-0.05, 0) is 19.1 Å². The first kappa shape index (κ1) is 12.7. The van der Waals surface area contributed by atoms with Crippen molar-refractivity contribution in [1.29, 1.82) is 0 Å². The first-order valence-corrected chi connectivity index (χ1v) is 5.15. The van der Waals surface area contributed by atoms with E-state index >= 15 is 0 Å². The van der Waals surface area contributed by atoms with Gasteiger partial charge in [0.25, 0.3) is 0 Å². The van der Waals surface area contributed by atoms with Crippen molar-refractivity contribution >= 4 is 5.97 Å². The lowest BCUT2D eigenvalue weighted by molar-refractivity contribution is -0.145. The van der Waals surface area contributed by atoms with Gasteiger partial charge < -0.3 is 14.4 Å². The Morgan fingerprint density at radius 3 is 2.81 bits per heavy atom. The van der Waals surface area contributed by atoms with E-state index in [1.54, 1.807) is 6.92 Å². The largest absolute Gasteiger partial charge is 0.468 e. The Morgan fingerprint density at radius 2 is 2.38 bits per heavy atom. The van der Waals surface area contributed by atoms with Crippen LogP contribution in [0.2, 0.25) is 0 Å². The van der Waals surface area contributed by atoms with Crippen LogP contribution in [-0.2, 0) is 23.1 Å². The van der Waals surface area contributed by atoms with E-state index < -0.39 is 18.1 Å². The number of rotatable bonds is 5. The van der Waals surface area contributed by atoms with Crippen molar-refractivity contribution in [3.05, 3.63) is 24.0 Å². The molecule has 1 aromatic rings. The van der Waals surface area contributed by atoms with Gasteiger partial charge in [0, 0.05) is 25.5 Å². The first-order valence-electron chi connectivity index (χ1n) is 5.15. The molecule has 0 saturated carbocycles. The van der Waals surface area contributed by atoms with Gasteiger partial charge in [-0.1, -0.05) is 0 Å². The fraction of sp³-hybridized carbons (Fsp3) is 0.545. The third-order valence-corrected chi connectivity index (χ3v) is 2.49. The second-order valence-electron chi connectivity index (χ2n) is 3.73. The molecule has 90 valence electrons. The topological polar surface area (TPSA) is 63.5 Å². The van der Waals surface area contributed by atoms with Crippen LogP contribution in [0.3, 0.4) is 0 Å². The maximum atomic E-state index is 11.3. The highest BCUT2D eigenvalue weighted by molar-refractivity contribution is 5.76. The predicted octanol–water partition coefficient (Wildman–Crippen LogP) is 0.0371. The summed E-state index contributed by atoms with van der Waals surface area (Å²) in [5.74, 6) is -0.454. The molecule has 1 heterocycles. The molecule has 2 N–H and O–H groups in total. The Labute approximate surface area is 95.0 Å². The summed E-state index contributed by atoms with van der Waals surface area (Å²) in [7, 11) is 3.23. The molecule has 0 aliphatic carbocycles. The van der Waals surface area contributed by atoms with Crippen molar-refractivity contribution in [3.8, 4) is 0 Å². The minimum Gasteiger partial charge on any atom is -0.468 e. The Hall–Kier alpha value is -1.33. The highest BCUT2D eigenvalue weighted by Gasteiger charge is 2.23. The third kappa shape index (κ3) is 3.08. The molecule has 1 rings (SSSR count). The van der Waals surface area contributed by atoms with E-state index in [2.05, 4.69) is 10.1 Å². The summed E-state index contributed by atoms with van der Waals surface area (Å²) in [5.41, 5.74) is 1.04. The summed E-state index contributed by atoms with van der Waals surface area (Å²) < 4.78 is 6.55. The molecule has 0 aromatic carbocycles. The standard InChI is InChI=1S/C11H18N2O3/c1-8(14)10(11(15)16-3)12-7-9-5-4-6-13(9)2/h4-6,8,10,12,14H,7H2,1-3H3/t8-,10+/m1/s1. The monoisotopic (exact) mass is 226 g/mol. The van der Waals surface area contributed by atoms with Crippen LogP contribution >= 0.6 is 0 Å². The molecule has 0 spiro atoms. The van der Waals surface area contributed by atoms with E-state index in [0.29, 0.717) is 6.54 Å². The highest BCUT2D eigenvalue weighted by atomic mass is 16.5. The van der Waals surface area contributed by atoms with Gasteiger partial charge >= 0.3 is 5.97 Å². The van der Waals surface area contributed by atoms with Gasteiger partial charge in [-0.3, -0.25) is 10.1 Å². The number of methoxy groups -OCH3 is 1. The average Bonchev–Trinajstić information content (AvgIpc) is 2.64. The molecule has 0 unspecified atom stereocenters. The predicted molar refractivity (Wildman–Crippen MR) is 59.7 cm³/mol. The number of hydrogen-bond acceptors (Lipinski definition) is 4. The number of esters is 1. The molecule has 1 aromatic heterocycles. The van der Waals surface area contributed by atoms with Crippen molar-refractivity contribution in [3.63, 3.8) is 0 Å². The van der Waals surface area contributed by atoms with Crippen LogP contribution in [-0.4, -0.2) is 34.9 Å². The lowest BCUT2D eigenvalue weighted by Gasteiger charge is -2.19. The van der Waals surface area contributed by atoms with Gasteiger partial charge in [0.2, 0.25) is 0 Å². The number of hydrogen-bond donors (Lipinski definition) is 2. The highest BCUT2D eigenvalue weighted by Crippen LogP contribution is 2.02. The van der Waals surface area contributed by atoms with Crippen LogP contribution in [0, 0.1) is 0 Å². The number of aliphatic hydroxyl groups is 1. The second kappa shape index (κ2) is 5.67. The minimum atomic E-state index is -0.785. The number of ether oxygens (including phenoxy) is 1. The van der Waals surface area contributed by atoms with E-state index in [9.17, 15) is 9.90 Å². The molecule has 16 heavy (non-hydrogen) atoms. The van der Waals surface area contributed by atoms with Crippen LogP contribution in [0.25, 0.3) is 0 Å². The summed E-state index contributed by atoms with van der Waals surface area (Å²) in [4.78, 5) is 11.3. The number of carbonyl (C=O) groups excluding carboxylic acids is 1. The van der Waals surface area contributed by atoms with E-state index in [-0.39, 0.29) is 0 Å². The smallest absolute Gasteiger partial charge is 0.325 e. The zero-order chi connectivity index (χ0) is 12.1. The van der Waals surface area contributed by atoms with Gasteiger partial charge in [-0.15, -0.1) is 0 Å². The normalized spacial score (nSPS) is 14.5. The minimum absolute atomic E-state index is 0.454. The van der Waals surface area contributed by atoms with E-state index in [0.717, 1.165) is 5.69 Å². The lowest BCUT2D eigenvalue weighted by Crippen LogP contribution is -2.45. The molecule has 5 heteroatoms. The molecule has 0 fully saturated rings. The Kier molecular flexibility index (Phi) is 4.52. The van der Waals surface area contributed by atoms with Gasteiger partial charge in [0.15, 0.2) is 0 Å². The molecule has 2 atom stereocenters. The number of nitrogens with one attached hydrogen (secondary N) is 1. The number of nitrogens with zero attached hydrogens (tertiary/aromatic N) is 1. The van der Waals surface area contributed by atoms with E-state index in [1.807, 2.05) is 29.9 Å². The summed E-state index contributed by atoms with van der Waals surface area (Å²) in [5, 5.41) is 12.4. The first-order chi connectivity index (χ1) is 7.56. The summed E-state index contributed by atoms with van der Waals surface area (Å²) in [6.45, 7) is 2.06. The quantitative estimate of drug-likeness (QED) is 0.696. The molecule has 5 nitrogen and oxygen atoms in total. The Bertz CT molecular complexity index is 347. The van der Waals surface area contributed by atoms with E-state index in [4.69, 9.17) is 0 Å². The lowest BCUT2D eigenvalue weighted by atomic mass is 10.2.